The Morgan fingerprint density at radius 2 is 1.78 bits per heavy atom. The average Bonchev–Trinajstić information content (AvgIpc) is 1.90. The average molecular weight is 143 g/mol. The molecule has 0 bridgehead atoms. The molecule has 4 heteroatoms. The number of thiol groups is 1. The fourth-order valence-corrected chi connectivity index (χ4v) is 0.975. The number of nitrogens with zero attached hydrogens (tertiary/aromatic N) is 3. The van der Waals surface area contributed by atoms with Gasteiger partial charge < -0.3 is 4.90 Å². The van der Waals surface area contributed by atoms with Crippen molar-refractivity contribution in [2.24, 2.45) is 0 Å². The van der Waals surface area contributed by atoms with Crippen molar-refractivity contribution in [3.05, 3.63) is 0 Å². The summed E-state index contributed by atoms with van der Waals surface area (Å²) in [6.45, 7) is 3.41. The second kappa shape index (κ2) is 2.95. The summed E-state index contributed by atoms with van der Waals surface area (Å²) in [5.41, 5.74) is 0. The first kappa shape index (κ1) is 6.72. The van der Waals surface area contributed by atoms with Crippen LogP contribution in [0.2, 0.25) is 0 Å². The van der Waals surface area contributed by atoms with Crippen LogP contribution in [0, 0.1) is 11.5 Å². The first-order chi connectivity index (χ1) is 4.33. The van der Waals surface area contributed by atoms with E-state index in [0.717, 1.165) is 26.2 Å². The Bertz CT molecular complexity index is 123. The summed E-state index contributed by atoms with van der Waals surface area (Å²) in [4.78, 5) is 1.74. The lowest BCUT2D eigenvalue weighted by Gasteiger charge is -2.26. The molecule has 1 fully saturated rings. The minimum Gasteiger partial charge on any atom is -0.308 e. The predicted octanol–water partition coefficient (Wildman–Crippen LogP) is -0.0701. The number of hydrogen-bond donors (Lipinski definition) is 1. The third kappa shape index (κ3) is 1.77. The van der Waals surface area contributed by atoms with Gasteiger partial charge in [-0.2, -0.15) is 5.26 Å². The molecule has 1 aliphatic heterocycles. The quantitative estimate of drug-likeness (QED) is 0.380. The molecule has 0 spiro atoms. The van der Waals surface area contributed by atoms with Gasteiger partial charge in [0, 0.05) is 26.2 Å². The summed E-state index contributed by atoms with van der Waals surface area (Å²) in [6, 6.07) is 0. The normalized spacial score (nSPS) is 21.6. The maximum atomic E-state index is 8.41. The zero-order valence-corrected chi connectivity index (χ0v) is 6.01. The first-order valence-electron chi connectivity index (χ1n) is 2.91. The van der Waals surface area contributed by atoms with E-state index >= 15 is 0 Å². The van der Waals surface area contributed by atoms with Crippen LogP contribution in [-0.2, 0) is 0 Å². The van der Waals surface area contributed by atoms with Gasteiger partial charge in [-0.25, -0.2) is 4.31 Å². The van der Waals surface area contributed by atoms with Crippen LogP contribution in [0.25, 0.3) is 0 Å². The topological polar surface area (TPSA) is 30.3 Å². The van der Waals surface area contributed by atoms with Gasteiger partial charge in [0.25, 0.3) is 0 Å². The Morgan fingerprint density at radius 1 is 1.22 bits per heavy atom. The molecule has 50 valence electrons. The molecular weight excluding hydrogens is 134 g/mol. The molecule has 1 rings (SSSR count). The second-order valence-corrected chi connectivity index (χ2v) is 2.61. The van der Waals surface area contributed by atoms with E-state index in [2.05, 4.69) is 19.0 Å². The van der Waals surface area contributed by atoms with E-state index in [4.69, 9.17) is 5.26 Å². The van der Waals surface area contributed by atoms with Crippen LogP contribution < -0.4 is 0 Å². The van der Waals surface area contributed by atoms with Gasteiger partial charge in [0.15, 0.2) is 6.19 Å². The highest BCUT2D eigenvalue weighted by molar-refractivity contribution is 7.77. The predicted molar refractivity (Wildman–Crippen MR) is 37.7 cm³/mol. The number of rotatable bonds is 0. The van der Waals surface area contributed by atoms with Gasteiger partial charge in [-0.1, -0.05) is 12.8 Å². The summed E-state index contributed by atoms with van der Waals surface area (Å²) >= 11 is 4.14. The highest BCUT2D eigenvalue weighted by Gasteiger charge is 2.11. The fraction of sp³-hybridized carbons (Fsp3) is 0.800. The summed E-state index contributed by atoms with van der Waals surface area (Å²) in [5.74, 6) is 0. The molecule has 0 saturated carbocycles. The molecular formula is C5H9N3S. The third-order valence-electron chi connectivity index (χ3n) is 1.40. The highest BCUT2D eigenvalue weighted by atomic mass is 32.1. The number of piperazine rings is 1. The number of hydrogen-bond acceptors (Lipinski definition) is 4. The third-order valence-corrected chi connectivity index (χ3v) is 1.80. The van der Waals surface area contributed by atoms with Crippen molar-refractivity contribution in [2.75, 3.05) is 26.2 Å². The van der Waals surface area contributed by atoms with E-state index in [1.54, 1.807) is 4.90 Å². The molecule has 0 N–H and O–H groups in total. The van der Waals surface area contributed by atoms with E-state index in [-0.39, 0.29) is 0 Å². The lowest BCUT2D eigenvalue weighted by molar-refractivity contribution is 0.269. The van der Waals surface area contributed by atoms with E-state index in [0.29, 0.717) is 0 Å². The van der Waals surface area contributed by atoms with Gasteiger partial charge >= 0.3 is 0 Å². The zero-order valence-electron chi connectivity index (χ0n) is 5.12. The SMILES string of the molecule is N#CN1CCN(S)CC1. The Morgan fingerprint density at radius 3 is 2.22 bits per heavy atom. The van der Waals surface area contributed by atoms with E-state index in [1.807, 2.05) is 4.31 Å². The molecule has 0 atom stereocenters. The van der Waals surface area contributed by atoms with Crippen LogP contribution in [0.3, 0.4) is 0 Å². The number of nitriles is 1. The minimum absolute atomic E-state index is 0.819. The summed E-state index contributed by atoms with van der Waals surface area (Å²) in [7, 11) is 0. The van der Waals surface area contributed by atoms with Crippen LogP contribution >= 0.6 is 12.8 Å². The fourth-order valence-electron chi connectivity index (χ4n) is 0.796. The smallest absolute Gasteiger partial charge is 0.179 e. The molecule has 0 amide bonds. The Hall–Kier alpha value is -0.400. The maximum Gasteiger partial charge on any atom is 0.179 e. The first-order valence-corrected chi connectivity index (χ1v) is 3.31. The Labute approximate surface area is 60.4 Å². The lowest BCUT2D eigenvalue weighted by atomic mass is 10.4. The van der Waals surface area contributed by atoms with Crippen LogP contribution in [0.15, 0.2) is 0 Å². The maximum absolute atomic E-state index is 8.41. The van der Waals surface area contributed by atoms with Crippen molar-refractivity contribution >= 4 is 12.8 Å². The molecule has 1 aliphatic rings. The van der Waals surface area contributed by atoms with Crippen molar-refractivity contribution in [1.29, 1.82) is 5.26 Å². The zero-order chi connectivity index (χ0) is 6.69. The molecule has 1 saturated heterocycles. The standard InChI is InChI=1S/C5H9N3S/c6-5-7-1-3-8(9)4-2-7/h9H,1-4H2. The molecule has 0 aromatic carbocycles. The van der Waals surface area contributed by atoms with E-state index in [1.165, 1.54) is 0 Å². The van der Waals surface area contributed by atoms with Gasteiger partial charge in [0.2, 0.25) is 0 Å². The van der Waals surface area contributed by atoms with Gasteiger partial charge in [0.1, 0.15) is 0 Å². The van der Waals surface area contributed by atoms with Crippen molar-refractivity contribution in [2.45, 2.75) is 0 Å². The molecule has 0 aromatic rings. The van der Waals surface area contributed by atoms with Crippen LogP contribution in [0.1, 0.15) is 0 Å². The molecule has 0 radical (unpaired) electrons. The van der Waals surface area contributed by atoms with Crippen molar-refractivity contribution in [3.63, 3.8) is 0 Å². The summed E-state index contributed by atoms with van der Waals surface area (Å²) in [6.07, 6.45) is 2.10. The van der Waals surface area contributed by atoms with Crippen molar-refractivity contribution in [3.8, 4) is 6.19 Å². The Balaban J connectivity index is 2.28. The van der Waals surface area contributed by atoms with Gasteiger partial charge in [-0.3, -0.25) is 0 Å². The van der Waals surface area contributed by atoms with Crippen LogP contribution in [-0.4, -0.2) is 35.4 Å². The van der Waals surface area contributed by atoms with Gasteiger partial charge in [0.05, 0.1) is 0 Å². The Kier molecular flexibility index (Phi) is 2.20. The van der Waals surface area contributed by atoms with Crippen LogP contribution in [0.4, 0.5) is 0 Å². The van der Waals surface area contributed by atoms with E-state index in [9.17, 15) is 0 Å². The largest absolute Gasteiger partial charge is 0.308 e. The van der Waals surface area contributed by atoms with E-state index < -0.39 is 0 Å². The van der Waals surface area contributed by atoms with Gasteiger partial charge in [-0.15, -0.1) is 0 Å². The molecule has 1 heterocycles. The van der Waals surface area contributed by atoms with Crippen molar-refractivity contribution in [1.82, 2.24) is 9.21 Å². The molecule has 0 unspecified atom stereocenters. The molecule has 0 aliphatic carbocycles. The van der Waals surface area contributed by atoms with Crippen LogP contribution in [0.5, 0.6) is 0 Å². The highest BCUT2D eigenvalue weighted by Crippen LogP contribution is 2.00. The van der Waals surface area contributed by atoms with Crippen molar-refractivity contribution < 1.29 is 0 Å². The monoisotopic (exact) mass is 143 g/mol. The summed E-state index contributed by atoms with van der Waals surface area (Å²) < 4.78 is 1.92. The minimum atomic E-state index is 0.819. The van der Waals surface area contributed by atoms with Gasteiger partial charge in [-0.05, 0) is 0 Å². The lowest BCUT2D eigenvalue weighted by Crippen LogP contribution is -2.39. The summed E-state index contributed by atoms with van der Waals surface area (Å²) in [5, 5.41) is 8.41. The molecule has 0 aromatic heterocycles. The second-order valence-electron chi connectivity index (χ2n) is 2.04. The molecule has 9 heavy (non-hydrogen) atoms. The molecule has 3 nitrogen and oxygen atoms in total.